The molecule has 108 valence electrons. The van der Waals surface area contributed by atoms with Gasteiger partial charge in [0.25, 0.3) is 0 Å². The van der Waals surface area contributed by atoms with Gasteiger partial charge in [-0.2, -0.15) is 0 Å². The fourth-order valence-electron chi connectivity index (χ4n) is 4.72. The van der Waals surface area contributed by atoms with Crippen molar-refractivity contribution in [3.8, 4) is 5.75 Å². The molecule has 2 unspecified atom stereocenters. The molecule has 0 radical (unpaired) electrons. The molecule has 2 saturated heterocycles. The lowest BCUT2D eigenvalue weighted by Gasteiger charge is -2.55. The number of fused-ring (bicyclic) bond motifs is 2. The maximum atomic E-state index is 6.56. The zero-order chi connectivity index (χ0) is 14.1. The lowest BCUT2D eigenvalue weighted by molar-refractivity contribution is -0.100. The molecular weight excluding hydrogens is 248 g/mol. The van der Waals surface area contributed by atoms with Gasteiger partial charge in [-0.15, -0.1) is 0 Å². The van der Waals surface area contributed by atoms with Gasteiger partial charge in [-0.25, -0.2) is 0 Å². The predicted octanol–water partition coefficient (Wildman–Crippen LogP) is 3.05. The van der Waals surface area contributed by atoms with Crippen LogP contribution >= 0.6 is 0 Å². The lowest BCUT2D eigenvalue weighted by atomic mass is 9.59. The minimum Gasteiger partial charge on any atom is -0.485 e. The predicted molar refractivity (Wildman–Crippen MR) is 79.3 cm³/mol. The van der Waals surface area contributed by atoms with E-state index >= 15 is 0 Å². The van der Waals surface area contributed by atoms with Crippen LogP contribution in [-0.2, 0) is 0 Å². The van der Waals surface area contributed by atoms with Gasteiger partial charge in [0, 0.05) is 36.5 Å². The number of hydrogen-bond acceptors (Lipinski definition) is 3. The van der Waals surface area contributed by atoms with Gasteiger partial charge in [-0.3, -0.25) is 4.98 Å². The molecule has 1 aromatic rings. The standard InChI is InChI=1S/C17H24N2O/c1-11-9-14-15(18-13(11)3)12(2)17-6-8-19(10-17)7-5-16(17,4)20-14/h9,12H,5-8,10H2,1-4H3/t12?,16-,17-/m0/s1. The molecule has 4 atom stereocenters. The van der Waals surface area contributed by atoms with Crippen LogP contribution < -0.4 is 4.74 Å². The van der Waals surface area contributed by atoms with Crippen molar-refractivity contribution in [1.29, 1.82) is 0 Å². The Bertz CT molecular complexity index is 585. The molecule has 3 nitrogen and oxygen atoms in total. The number of aromatic nitrogens is 1. The summed E-state index contributed by atoms with van der Waals surface area (Å²) in [6.07, 6.45) is 2.39. The Morgan fingerprint density at radius 3 is 2.85 bits per heavy atom. The lowest BCUT2D eigenvalue weighted by Crippen LogP contribution is -2.60. The van der Waals surface area contributed by atoms with E-state index in [1.807, 2.05) is 0 Å². The Kier molecular flexibility index (Phi) is 2.37. The highest BCUT2D eigenvalue weighted by Crippen LogP contribution is 2.60. The van der Waals surface area contributed by atoms with E-state index in [1.165, 1.54) is 37.3 Å². The summed E-state index contributed by atoms with van der Waals surface area (Å²) in [7, 11) is 0. The van der Waals surface area contributed by atoms with Crippen molar-refractivity contribution < 1.29 is 4.74 Å². The molecule has 2 fully saturated rings. The first-order valence-corrected chi connectivity index (χ1v) is 7.85. The van der Waals surface area contributed by atoms with E-state index in [4.69, 9.17) is 9.72 Å². The van der Waals surface area contributed by atoms with Crippen LogP contribution in [0.2, 0.25) is 0 Å². The van der Waals surface area contributed by atoms with Crippen molar-refractivity contribution in [2.24, 2.45) is 5.41 Å². The molecule has 3 aliphatic rings. The summed E-state index contributed by atoms with van der Waals surface area (Å²) in [6.45, 7) is 12.5. The van der Waals surface area contributed by atoms with Crippen LogP contribution in [0, 0.1) is 19.3 Å². The Labute approximate surface area is 121 Å². The summed E-state index contributed by atoms with van der Waals surface area (Å²) < 4.78 is 6.56. The van der Waals surface area contributed by atoms with Crippen LogP contribution in [0.4, 0.5) is 0 Å². The third kappa shape index (κ3) is 1.37. The molecule has 4 heterocycles. The molecule has 3 aliphatic heterocycles. The van der Waals surface area contributed by atoms with Gasteiger partial charge in [0.2, 0.25) is 0 Å². The fourth-order valence-corrected chi connectivity index (χ4v) is 4.72. The van der Waals surface area contributed by atoms with Crippen molar-refractivity contribution in [2.75, 3.05) is 19.6 Å². The van der Waals surface area contributed by atoms with E-state index in [0.29, 0.717) is 5.92 Å². The van der Waals surface area contributed by atoms with Gasteiger partial charge in [0.15, 0.2) is 0 Å². The van der Waals surface area contributed by atoms with E-state index in [-0.39, 0.29) is 11.0 Å². The molecular formula is C17H24N2O. The average molecular weight is 272 g/mol. The molecule has 2 bridgehead atoms. The Hall–Kier alpha value is -1.09. The molecule has 0 N–H and O–H groups in total. The first-order chi connectivity index (χ1) is 9.45. The van der Waals surface area contributed by atoms with Crippen LogP contribution in [0.3, 0.4) is 0 Å². The second-order valence-electron chi connectivity index (χ2n) is 7.26. The maximum Gasteiger partial charge on any atom is 0.142 e. The summed E-state index contributed by atoms with van der Waals surface area (Å²) >= 11 is 0. The fraction of sp³-hybridized carbons (Fsp3) is 0.706. The zero-order valence-electron chi connectivity index (χ0n) is 13.0. The van der Waals surface area contributed by atoms with Crippen molar-refractivity contribution in [1.82, 2.24) is 9.88 Å². The molecule has 0 saturated carbocycles. The average Bonchev–Trinajstić information content (AvgIpc) is 2.79. The highest BCUT2D eigenvalue weighted by atomic mass is 16.5. The molecule has 3 heteroatoms. The van der Waals surface area contributed by atoms with Crippen LogP contribution in [0.25, 0.3) is 0 Å². The number of rotatable bonds is 0. The zero-order valence-corrected chi connectivity index (χ0v) is 13.0. The summed E-state index contributed by atoms with van der Waals surface area (Å²) in [5.41, 5.74) is 3.81. The van der Waals surface area contributed by atoms with Crippen molar-refractivity contribution in [2.45, 2.75) is 52.1 Å². The summed E-state index contributed by atoms with van der Waals surface area (Å²) in [6, 6.07) is 2.20. The summed E-state index contributed by atoms with van der Waals surface area (Å²) in [5.74, 6) is 1.52. The van der Waals surface area contributed by atoms with Gasteiger partial charge < -0.3 is 9.64 Å². The van der Waals surface area contributed by atoms with E-state index in [1.54, 1.807) is 0 Å². The number of nitrogens with zero attached hydrogens (tertiary/aromatic N) is 2. The highest BCUT2D eigenvalue weighted by molar-refractivity contribution is 5.42. The van der Waals surface area contributed by atoms with E-state index in [0.717, 1.165) is 17.9 Å². The topological polar surface area (TPSA) is 25.4 Å². The molecule has 0 amide bonds. The van der Waals surface area contributed by atoms with Crippen LogP contribution in [0.15, 0.2) is 6.07 Å². The van der Waals surface area contributed by atoms with Crippen molar-refractivity contribution >= 4 is 0 Å². The van der Waals surface area contributed by atoms with Gasteiger partial charge in [0.05, 0.1) is 5.69 Å². The van der Waals surface area contributed by atoms with E-state index in [9.17, 15) is 0 Å². The van der Waals surface area contributed by atoms with E-state index < -0.39 is 0 Å². The van der Waals surface area contributed by atoms with Crippen molar-refractivity contribution in [3.05, 3.63) is 23.0 Å². The molecule has 1 spiro atoms. The van der Waals surface area contributed by atoms with Gasteiger partial charge in [-0.05, 0) is 45.4 Å². The number of aryl methyl sites for hydroxylation is 2. The first-order valence-electron chi connectivity index (χ1n) is 7.85. The smallest absolute Gasteiger partial charge is 0.142 e. The Balaban J connectivity index is 1.90. The van der Waals surface area contributed by atoms with Crippen LogP contribution in [0.5, 0.6) is 5.75 Å². The number of hydrogen-bond donors (Lipinski definition) is 0. The van der Waals surface area contributed by atoms with Crippen LogP contribution in [0.1, 0.15) is 49.6 Å². The SMILES string of the molecule is Cc1cc2c(nc1C)C(C)[C@@]13CCN(CC[C@]1(C)O2)C3. The monoisotopic (exact) mass is 272 g/mol. The minimum atomic E-state index is -0.0181. The van der Waals surface area contributed by atoms with Gasteiger partial charge >= 0.3 is 0 Å². The molecule has 20 heavy (non-hydrogen) atoms. The maximum absolute atomic E-state index is 6.56. The molecule has 4 rings (SSSR count). The summed E-state index contributed by atoms with van der Waals surface area (Å²) in [5, 5.41) is 0. The second kappa shape index (κ2) is 3.76. The third-order valence-electron chi connectivity index (χ3n) is 6.37. The van der Waals surface area contributed by atoms with Crippen LogP contribution in [-0.4, -0.2) is 35.1 Å². The first kappa shape index (κ1) is 12.6. The largest absolute Gasteiger partial charge is 0.485 e. The highest BCUT2D eigenvalue weighted by Gasteiger charge is 2.62. The third-order valence-corrected chi connectivity index (χ3v) is 6.37. The second-order valence-corrected chi connectivity index (χ2v) is 7.26. The quantitative estimate of drug-likeness (QED) is 0.726. The molecule has 0 aromatic carbocycles. The minimum absolute atomic E-state index is 0.0181. The normalized spacial score (nSPS) is 41.8. The molecule has 0 aliphatic carbocycles. The van der Waals surface area contributed by atoms with Gasteiger partial charge in [-0.1, -0.05) is 6.92 Å². The Morgan fingerprint density at radius 1 is 1.30 bits per heavy atom. The number of pyridine rings is 1. The number of piperidine rings is 1. The molecule has 1 aromatic heterocycles. The van der Waals surface area contributed by atoms with E-state index in [2.05, 4.69) is 38.7 Å². The number of ether oxygens (including phenoxy) is 1. The van der Waals surface area contributed by atoms with Gasteiger partial charge in [0.1, 0.15) is 11.4 Å². The van der Waals surface area contributed by atoms with Crippen molar-refractivity contribution in [3.63, 3.8) is 0 Å². The Morgan fingerprint density at radius 2 is 2.05 bits per heavy atom. The summed E-state index contributed by atoms with van der Waals surface area (Å²) in [4.78, 5) is 7.49.